The third kappa shape index (κ3) is 8.57. The van der Waals surface area contributed by atoms with Crippen LogP contribution in [0.4, 0.5) is 5.69 Å². The number of hydrogen-bond acceptors (Lipinski definition) is 5. The summed E-state index contributed by atoms with van der Waals surface area (Å²) in [4.78, 5) is 30.5. The molecule has 0 heterocycles. The van der Waals surface area contributed by atoms with Crippen LogP contribution in [0.25, 0.3) is 0 Å². The molecule has 8 nitrogen and oxygen atoms in total. The Balaban J connectivity index is 1.60. The number of anilines is 1. The molecule has 0 radical (unpaired) electrons. The summed E-state index contributed by atoms with van der Waals surface area (Å²) in [6.45, 7) is 3.19. The van der Waals surface area contributed by atoms with Crippen molar-refractivity contribution in [3.8, 4) is 5.75 Å². The van der Waals surface area contributed by atoms with Crippen molar-refractivity contribution in [1.29, 1.82) is 0 Å². The number of benzene rings is 4. The zero-order chi connectivity index (χ0) is 34.3. The van der Waals surface area contributed by atoms with Gasteiger partial charge in [-0.05, 0) is 79.8 Å². The fraction of sp³-hybridized carbons (Fsp3) is 0.316. The summed E-state index contributed by atoms with van der Waals surface area (Å²) in [5.74, 6) is -0.524. The molecule has 4 aromatic carbocycles. The van der Waals surface area contributed by atoms with Gasteiger partial charge in [0, 0.05) is 24.0 Å². The molecule has 2 amide bonds. The molecule has 0 saturated heterocycles. The van der Waals surface area contributed by atoms with Crippen LogP contribution in [-0.2, 0) is 32.6 Å². The number of halogens is 1. The van der Waals surface area contributed by atoms with Crippen LogP contribution in [0.1, 0.15) is 47.9 Å². The summed E-state index contributed by atoms with van der Waals surface area (Å²) in [7, 11) is -2.81. The number of carbonyl (C=O) groups excluding carboxylic acids is 2. The van der Waals surface area contributed by atoms with Crippen molar-refractivity contribution >= 4 is 39.1 Å². The maximum atomic E-state index is 14.8. The molecule has 0 unspecified atom stereocenters. The highest BCUT2D eigenvalue weighted by Crippen LogP contribution is 2.34. The van der Waals surface area contributed by atoms with Crippen molar-refractivity contribution in [2.24, 2.45) is 0 Å². The first-order chi connectivity index (χ1) is 23.0. The Morgan fingerprint density at radius 3 is 2.21 bits per heavy atom. The Kier molecular flexibility index (Phi) is 11.4. The normalized spacial score (nSPS) is 13.9. The summed E-state index contributed by atoms with van der Waals surface area (Å²) in [5, 5.41) is 3.68. The number of rotatable bonds is 13. The van der Waals surface area contributed by atoms with E-state index in [0.29, 0.717) is 16.3 Å². The van der Waals surface area contributed by atoms with Gasteiger partial charge in [0.25, 0.3) is 10.0 Å². The van der Waals surface area contributed by atoms with Gasteiger partial charge < -0.3 is 15.0 Å². The van der Waals surface area contributed by atoms with E-state index in [4.69, 9.17) is 16.3 Å². The van der Waals surface area contributed by atoms with E-state index in [1.807, 2.05) is 56.3 Å². The molecule has 1 saturated carbocycles. The van der Waals surface area contributed by atoms with Gasteiger partial charge in [-0.1, -0.05) is 90.7 Å². The molecule has 1 atom stereocenters. The third-order valence-corrected chi connectivity index (χ3v) is 10.7. The van der Waals surface area contributed by atoms with Crippen LogP contribution in [0.15, 0.2) is 102 Å². The van der Waals surface area contributed by atoms with Gasteiger partial charge in [-0.25, -0.2) is 8.42 Å². The molecule has 0 aliphatic heterocycles. The molecule has 1 fully saturated rings. The van der Waals surface area contributed by atoms with E-state index in [1.165, 1.54) is 24.1 Å². The first-order valence-electron chi connectivity index (χ1n) is 16.2. The Labute approximate surface area is 288 Å². The summed E-state index contributed by atoms with van der Waals surface area (Å²) in [5.41, 5.74) is 3.50. The van der Waals surface area contributed by atoms with Crippen LogP contribution in [0.3, 0.4) is 0 Å². The van der Waals surface area contributed by atoms with Crippen LogP contribution in [0.5, 0.6) is 5.75 Å². The summed E-state index contributed by atoms with van der Waals surface area (Å²) >= 11 is 6.36. The van der Waals surface area contributed by atoms with Crippen LogP contribution < -0.4 is 14.4 Å². The molecule has 10 heteroatoms. The first-order valence-corrected chi connectivity index (χ1v) is 18.0. The van der Waals surface area contributed by atoms with Crippen molar-refractivity contribution in [3.05, 3.63) is 124 Å². The average Bonchev–Trinajstić information content (AvgIpc) is 3.58. The van der Waals surface area contributed by atoms with E-state index >= 15 is 0 Å². The highest BCUT2D eigenvalue weighted by atomic mass is 35.5. The summed E-state index contributed by atoms with van der Waals surface area (Å²) in [6.07, 6.45) is 4.06. The van der Waals surface area contributed by atoms with Crippen LogP contribution in [0, 0.1) is 13.8 Å². The predicted octanol–water partition coefficient (Wildman–Crippen LogP) is 6.86. The van der Waals surface area contributed by atoms with E-state index in [-0.39, 0.29) is 35.5 Å². The van der Waals surface area contributed by atoms with Gasteiger partial charge in [-0.2, -0.15) is 0 Å². The van der Waals surface area contributed by atoms with Gasteiger partial charge >= 0.3 is 0 Å². The van der Waals surface area contributed by atoms with Gasteiger partial charge in [-0.15, -0.1) is 0 Å². The second kappa shape index (κ2) is 15.7. The minimum atomic E-state index is -4.27. The Hall–Kier alpha value is -4.34. The topological polar surface area (TPSA) is 96.0 Å². The Morgan fingerprint density at radius 1 is 0.875 bits per heavy atom. The van der Waals surface area contributed by atoms with Crippen molar-refractivity contribution < 1.29 is 22.7 Å². The predicted molar refractivity (Wildman–Crippen MR) is 190 cm³/mol. The van der Waals surface area contributed by atoms with Crippen LogP contribution in [-0.4, -0.2) is 50.9 Å². The van der Waals surface area contributed by atoms with Gasteiger partial charge in [0.2, 0.25) is 11.8 Å². The molecule has 252 valence electrons. The number of methoxy groups -OCH3 is 1. The number of ether oxygens (including phenoxy) is 1. The largest absolute Gasteiger partial charge is 0.495 e. The second-order valence-corrected chi connectivity index (χ2v) is 14.6. The number of aryl methyl sites for hydroxylation is 2. The molecule has 1 aliphatic carbocycles. The van der Waals surface area contributed by atoms with Crippen LogP contribution in [0.2, 0.25) is 5.02 Å². The molecule has 48 heavy (non-hydrogen) atoms. The highest BCUT2D eigenvalue weighted by Gasteiger charge is 2.36. The molecule has 0 aromatic heterocycles. The lowest BCUT2D eigenvalue weighted by molar-refractivity contribution is -0.140. The molecule has 0 bridgehead atoms. The average molecular weight is 688 g/mol. The van der Waals surface area contributed by atoms with Gasteiger partial charge in [0.05, 0.1) is 17.7 Å². The van der Waals surface area contributed by atoms with E-state index < -0.39 is 28.5 Å². The fourth-order valence-electron chi connectivity index (χ4n) is 6.10. The van der Waals surface area contributed by atoms with Gasteiger partial charge in [0.15, 0.2) is 0 Å². The molecular weight excluding hydrogens is 646 g/mol. The second-order valence-electron chi connectivity index (χ2n) is 12.3. The molecule has 5 rings (SSSR count). The standard InChI is InChI=1S/C38H42ClN3O5S/c1-27-16-19-33(20-17-27)48(45,46)42(34-22-28(2)18-21-36(34)47-3)26-37(43)41(25-30-12-9-13-31(39)23-30)35(24-29-10-5-4-6-11-29)38(44)40-32-14-7-8-15-32/h4-6,9-13,16-23,32,35H,7-8,14-15,24-26H2,1-3H3,(H,40,44)/t35-/m0/s1. The number of hydrogen-bond donors (Lipinski definition) is 1. The number of amides is 2. The monoisotopic (exact) mass is 687 g/mol. The minimum absolute atomic E-state index is 0.0221. The quantitative estimate of drug-likeness (QED) is 0.166. The van der Waals surface area contributed by atoms with Crippen molar-refractivity contribution in [2.45, 2.75) is 69.5 Å². The molecule has 1 aliphatic rings. The minimum Gasteiger partial charge on any atom is -0.495 e. The SMILES string of the molecule is COc1ccc(C)cc1N(CC(=O)N(Cc1cccc(Cl)c1)[C@@H](Cc1ccccc1)C(=O)NC1CCCC1)S(=O)(=O)c1ccc(C)cc1. The Morgan fingerprint density at radius 2 is 1.54 bits per heavy atom. The van der Waals surface area contributed by atoms with E-state index in [0.717, 1.165) is 46.7 Å². The molecular formula is C38H42ClN3O5S. The zero-order valence-electron chi connectivity index (χ0n) is 27.6. The molecule has 4 aromatic rings. The van der Waals surface area contributed by atoms with E-state index in [9.17, 15) is 18.0 Å². The number of nitrogens with zero attached hydrogens (tertiary/aromatic N) is 2. The van der Waals surface area contributed by atoms with Gasteiger partial charge in [0.1, 0.15) is 18.3 Å². The zero-order valence-corrected chi connectivity index (χ0v) is 29.1. The highest BCUT2D eigenvalue weighted by molar-refractivity contribution is 7.92. The lowest BCUT2D eigenvalue weighted by Gasteiger charge is -2.34. The van der Waals surface area contributed by atoms with E-state index in [1.54, 1.807) is 42.5 Å². The maximum Gasteiger partial charge on any atom is 0.264 e. The number of sulfonamides is 1. The lowest BCUT2D eigenvalue weighted by atomic mass is 10.0. The fourth-order valence-corrected chi connectivity index (χ4v) is 7.73. The van der Waals surface area contributed by atoms with Crippen molar-refractivity contribution in [1.82, 2.24) is 10.2 Å². The first kappa shape index (κ1) is 35.0. The van der Waals surface area contributed by atoms with Crippen molar-refractivity contribution in [2.75, 3.05) is 18.0 Å². The number of carbonyl (C=O) groups is 2. The summed E-state index contributed by atoms with van der Waals surface area (Å²) < 4.78 is 35.5. The smallest absolute Gasteiger partial charge is 0.264 e. The van der Waals surface area contributed by atoms with Gasteiger partial charge in [-0.3, -0.25) is 13.9 Å². The number of nitrogens with one attached hydrogen (secondary N) is 1. The maximum absolute atomic E-state index is 14.8. The summed E-state index contributed by atoms with van der Waals surface area (Å²) in [6, 6.07) is 27.4. The van der Waals surface area contributed by atoms with Crippen molar-refractivity contribution in [3.63, 3.8) is 0 Å². The van der Waals surface area contributed by atoms with E-state index in [2.05, 4.69) is 5.32 Å². The third-order valence-electron chi connectivity index (χ3n) is 8.71. The molecule has 1 N–H and O–H groups in total. The van der Waals surface area contributed by atoms with Crippen LogP contribution >= 0.6 is 11.6 Å². The Bertz CT molecular complexity index is 1830. The molecule has 0 spiro atoms. The lowest BCUT2D eigenvalue weighted by Crippen LogP contribution is -2.54.